The molecule has 0 radical (unpaired) electrons. The van der Waals surface area contributed by atoms with Gasteiger partial charge in [0.15, 0.2) is 0 Å². The molecule has 0 spiro atoms. The van der Waals surface area contributed by atoms with Crippen LogP contribution in [0.15, 0.2) is 22.7 Å². The minimum absolute atomic E-state index is 0.202. The monoisotopic (exact) mass is 327 g/mol. The van der Waals surface area contributed by atoms with Crippen molar-refractivity contribution in [3.63, 3.8) is 0 Å². The number of halogens is 1. The van der Waals surface area contributed by atoms with Crippen LogP contribution in [0, 0.1) is 5.41 Å². The van der Waals surface area contributed by atoms with Crippen LogP contribution in [0.1, 0.15) is 26.7 Å². The van der Waals surface area contributed by atoms with Gasteiger partial charge < -0.3 is 14.8 Å². The van der Waals surface area contributed by atoms with E-state index in [9.17, 15) is 0 Å². The molecule has 1 saturated carbocycles. The molecule has 4 heteroatoms. The molecule has 0 saturated heterocycles. The number of benzene rings is 1. The highest BCUT2D eigenvalue weighted by Crippen LogP contribution is 2.46. The first-order valence-electron chi connectivity index (χ1n) is 6.72. The lowest BCUT2D eigenvalue weighted by Gasteiger charge is -2.53. The number of hydrogen-bond donors (Lipinski definition) is 1. The Morgan fingerprint density at radius 3 is 2.74 bits per heavy atom. The van der Waals surface area contributed by atoms with Gasteiger partial charge in [0.25, 0.3) is 0 Å². The van der Waals surface area contributed by atoms with Crippen molar-refractivity contribution in [2.75, 3.05) is 14.2 Å². The van der Waals surface area contributed by atoms with Gasteiger partial charge in [-0.3, -0.25) is 0 Å². The molecule has 1 aliphatic carbocycles. The van der Waals surface area contributed by atoms with Crippen LogP contribution in [0.3, 0.4) is 0 Å². The first-order chi connectivity index (χ1) is 9.05. The maximum absolute atomic E-state index is 6.18. The molecule has 106 valence electrons. The van der Waals surface area contributed by atoms with Gasteiger partial charge in [0.1, 0.15) is 17.6 Å². The van der Waals surface area contributed by atoms with Crippen molar-refractivity contribution in [3.8, 4) is 11.5 Å². The van der Waals surface area contributed by atoms with Crippen LogP contribution in [-0.2, 0) is 0 Å². The van der Waals surface area contributed by atoms with Gasteiger partial charge in [-0.2, -0.15) is 0 Å². The van der Waals surface area contributed by atoms with Gasteiger partial charge in [-0.05, 0) is 47.6 Å². The van der Waals surface area contributed by atoms with Crippen molar-refractivity contribution in [2.45, 2.75) is 38.8 Å². The second kappa shape index (κ2) is 5.71. The summed E-state index contributed by atoms with van der Waals surface area (Å²) in [6.45, 7) is 4.52. The lowest BCUT2D eigenvalue weighted by Crippen LogP contribution is -2.62. The van der Waals surface area contributed by atoms with Crippen LogP contribution in [0.4, 0.5) is 0 Å². The molecule has 0 amide bonds. The lowest BCUT2D eigenvalue weighted by molar-refractivity contribution is -0.0681. The first-order valence-corrected chi connectivity index (χ1v) is 7.52. The maximum Gasteiger partial charge on any atom is 0.134 e. The summed E-state index contributed by atoms with van der Waals surface area (Å²) in [5.41, 5.74) is 0.202. The summed E-state index contributed by atoms with van der Waals surface area (Å²) in [4.78, 5) is 0. The summed E-state index contributed by atoms with van der Waals surface area (Å²) in [6, 6.07) is 6.37. The molecular formula is C15H22BrNO2. The van der Waals surface area contributed by atoms with E-state index in [-0.39, 0.29) is 11.5 Å². The van der Waals surface area contributed by atoms with E-state index in [1.54, 1.807) is 7.11 Å². The average molecular weight is 328 g/mol. The third-order valence-corrected chi connectivity index (χ3v) is 5.12. The normalized spacial score (nSPS) is 29.7. The number of nitrogens with one attached hydrogen (secondary N) is 1. The van der Waals surface area contributed by atoms with E-state index in [1.165, 1.54) is 0 Å². The molecule has 0 bridgehead atoms. The summed E-state index contributed by atoms with van der Waals surface area (Å²) in [6.07, 6.45) is 2.43. The molecule has 0 heterocycles. The van der Waals surface area contributed by atoms with Crippen molar-refractivity contribution in [1.82, 2.24) is 5.32 Å². The van der Waals surface area contributed by atoms with Crippen molar-refractivity contribution in [1.29, 1.82) is 0 Å². The maximum atomic E-state index is 6.18. The van der Waals surface area contributed by atoms with Crippen LogP contribution >= 0.6 is 15.9 Å². The standard InChI is InChI=1S/C15H22BrNO2/c1-5-15(2)13(17-3)9-14(15)19-12-7-6-10(18-4)8-11(12)16/h6-8,13-14,17H,5,9H2,1-4H3. The highest BCUT2D eigenvalue weighted by molar-refractivity contribution is 9.10. The second-order valence-electron chi connectivity index (χ2n) is 5.34. The van der Waals surface area contributed by atoms with E-state index in [0.717, 1.165) is 28.8 Å². The fraction of sp³-hybridized carbons (Fsp3) is 0.600. The Hall–Kier alpha value is -0.740. The molecule has 1 aromatic rings. The topological polar surface area (TPSA) is 30.5 Å². The predicted molar refractivity (Wildman–Crippen MR) is 81.0 cm³/mol. The van der Waals surface area contributed by atoms with Crippen molar-refractivity contribution < 1.29 is 9.47 Å². The molecule has 1 fully saturated rings. The molecule has 1 aromatic carbocycles. The number of methoxy groups -OCH3 is 1. The van der Waals surface area contributed by atoms with Crippen molar-refractivity contribution in [3.05, 3.63) is 22.7 Å². The Kier molecular flexibility index (Phi) is 4.41. The zero-order valence-corrected chi connectivity index (χ0v) is 13.6. The Balaban J connectivity index is 2.10. The largest absolute Gasteiger partial charge is 0.497 e. The zero-order valence-electron chi connectivity index (χ0n) is 12.0. The van der Waals surface area contributed by atoms with E-state index in [4.69, 9.17) is 9.47 Å². The summed E-state index contributed by atoms with van der Waals surface area (Å²) < 4.78 is 12.3. The van der Waals surface area contributed by atoms with Crippen LogP contribution in [0.2, 0.25) is 0 Å². The van der Waals surface area contributed by atoms with Crippen LogP contribution < -0.4 is 14.8 Å². The van der Waals surface area contributed by atoms with Crippen molar-refractivity contribution in [2.24, 2.45) is 5.41 Å². The third-order valence-electron chi connectivity index (χ3n) is 4.50. The van der Waals surface area contributed by atoms with Gasteiger partial charge in [0.2, 0.25) is 0 Å². The fourth-order valence-corrected chi connectivity index (χ4v) is 3.23. The van der Waals surface area contributed by atoms with Crippen LogP contribution in [-0.4, -0.2) is 26.3 Å². The van der Waals surface area contributed by atoms with E-state index >= 15 is 0 Å². The SMILES string of the molecule is CCC1(C)C(NC)CC1Oc1ccc(OC)cc1Br. The predicted octanol–water partition coefficient (Wildman–Crippen LogP) is 3.61. The van der Waals surface area contributed by atoms with Gasteiger partial charge in [0.05, 0.1) is 11.6 Å². The first kappa shape index (κ1) is 14.7. The van der Waals surface area contributed by atoms with E-state index in [0.29, 0.717) is 6.04 Å². The van der Waals surface area contributed by atoms with Gasteiger partial charge in [-0.1, -0.05) is 13.8 Å². The third kappa shape index (κ3) is 2.61. The summed E-state index contributed by atoms with van der Waals surface area (Å²) in [7, 11) is 3.69. The molecule has 3 nitrogen and oxygen atoms in total. The molecule has 1 aliphatic rings. The number of ether oxygens (including phenoxy) is 2. The van der Waals surface area contributed by atoms with E-state index in [2.05, 4.69) is 35.1 Å². The van der Waals surface area contributed by atoms with Crippen molar-refractivity contribution >= 4 is 15.9 Å². The smallest absolute Gasteiger partial charge is 0.134 e. The summed E-state index contributed by atoms with van der Waals surface area (Å²) in [5.74, 6) is 1.72. The van der Waals surface area contributed by atoms with Crippen LogP contribution in [0.5, 0.6) is 11.5 Å². The highest BCUT2D eigenvalue weighted by atomic mass is 79.9. The number of rotatable bonds is 5. The Bertz CT molecular complexity index is 452. The molecule has 1 N–H and O–H groups in total. The Morgan fingerprint density at radius 2 is 2.21 bits per heavy atom. The average Bonchev–Trinajstić information content (AvgIpc) is 2.43. The molecule has 2 rings (SSSR count). The summed E-state index contributed by atoms with van der Waals surface area (Å²) in [5, 5.41) is 3.38. The quantitative estimate of drug-likeness (QED) is 0.896. The van der Waals surface area contributed by atoms with Crippen LogP contribution in [0.25, 0.3) is 0 Å². The fourth-order valence-electron chi connectivity index (χ4n) is 2.78. The van der Waals surface area contributed by atoms with E-state index in [1.807, 2.05) is 25.2 Å². The second-order valence-corrected chi connectivity index (χ2v) is 6.19. The molecule has 0 aliphatic heterocycles. The molecule has 0 aromatic heterocycles. The lowest BCUT2D eigenvalue weighted by atomic mass is 9.61. The zero-order chi connectivity index (χ0) is 14.0. The molecule has 3 unspecified atom stereocenters. The Labute approximate surface area is 123 Å². The highest BCUT2D eigenvalue weighted by Gasteiger charge is 2.51. The van der Waals surface area contributed by atoms with Gasteiger partial charge in [-0.25, -0.2) is 0 Å². The van der Waals surface area contributed by atoms with E-state index < -0.39 is 0 Å². The van der Waals surface area contributed by atoms with Gasteiger partial charge in [-0.15, -0.1) is 0 Å². The van der Waals surface area contributed by atoms with Gasteiger partial charge in [0, 0.05) is 17.9 Å². The summed E-state index contributed by atoms with van der Waals surface area (Å²) >= 11 is 3.54. The molecule has 3 atom stereocenters. The minimum Gasteiger partial charge on any atom is -0.497 e. The minimum atomic E-state index is 0.202. The van der Waals surface area contributed by atoms with Gasteiger partial charge >= 0.3 is 0 Å². The molecule has 19 heavy (non-hydrogen) atoms. The Morgan fingerprint density at radius 1 is 1.47 bits per heavy atom. The number of hydrogen-bond acceptors (Lipinski definition) is 3. The molecular weight excluding hydrogens is 306 g/mol.